The first kappa shape index (κ1) is 12.9. The number of carbonyl (C=O) groups excluding carboxylic acids is 1. The van der Waals surface area contributed by atoms with Crippen molar-refractivity contribution >= 4 is 11.7 Å². The minimum absolute atomic E-state index is 0.224. The van der Waals surface area contributed by atoms with Crippen LogP contribution in [-0.2, 0) is 0 Å². The number of anilines is 1. The van der Waals surface area contributed by atoms with Crippen molar-refractivity contribution in [2.45, 2.75) is 13.0 Å². The largest absolute Gasteiger partial charge is 0.480 e. The van der Waals surface area contributed by atoms with Gasteiger partial charge in [-0.25, -0.2) is 14.8 Å². The predicted molar refractivity (Wildman–Crippen MR) is 69.9 cm³/mol. The third kappa shape index (κ3) is 3.21. The van der Waals surface area contributed by atoms with E-state index in [1.54, 1.807) is 30.7 Å². The molecule has 2 rings (SSSR count). The summed E-state index contributed by atoms with van der Waals surface area (Å²) in [6.45, 7) is 1.83. The molecule has 0 aliphatic rings. The molecular weight excluding hydrogens is 246 g/mol. The molecule has 0 aliphatic heterocycles. The third-order valence-electron chi connectivity index (χ3n) is 2.49. The number of H-pyrrole nitrogens is 1. The quantitative estimate of drug-likeness (QED) is 0.781. The highest BCUT2D eigenvalue weighted by Crippen LogP contribution is 2.19. The van der Waals surface area contributed by atoms with E-state index in [0.29, 0.717) is 17.4 Å². The Morgan fingerprint density at radius 1 is 1.42 bits per heavy atom. The summed E-state index contributed by atoms with van der Waals surface area (Å²) in [5, 5.41) is 5.43. The van der Waals surface area contributed by atoms with Crippen molar-refractivity contribution in [1.29, 1.82) is 0 Å². The number of urea groups is 1. The topological polar surface area (TPSA) is 91.9 Å². The second-order valence-corrected chi connectivity index (χ2v) is 3.85. The second kappa shape index (κ2) is 5.85. The number of nitrogens with one attached hydrogen (secondary N) is 3. The summed E-state index contributed by atoms with van der Waals surface area (Å²) < 4.78 is 5.05. The molecule has 2 aromatic heterocycles. The highest BCUT2D eigenvalue weighted by atomic mass is 16.5. The van der Waals surface area contributed by atoms with E-state index < -0.39 is 0 Å². The lowest BCUT2D eigenvalue weighted by atomic mass is 10.3. The predicted octanol–water partition coefficient (Wildman–Crippen LogP) is 1.70. The Balaban J connectivity index is 1.98. The number of pyridine rings is 1. The molecule has 7 nitrogen and oxygen atoms in total. The van der Waals surface area contributed by atoms with E-state index in [4.69, 9.17) is 4.74 Å². The van der Waals surface area contributed by atoms with Crippen LogP contribution in [0.4, 0.5) is 10.5 Å². The SMILES string of the molecule is COc1ncccc1NC(=O)N[C@H](C)c1ncc[nH]1. The van der Waals surface area contributed by atoms with Crippen LogP contribution in [0.25, 0.3) is 0 Å². The molecule has 100 valence electrons. The molecule has 0 radical (unpaired) electrons. The lowest BCUT2D eigenvalue weighted by Gasteiger charge is -2.13. The fourth-order valence-corrected chi connectivity index (χ4v) is 1.59. The van der Waals surface area contributed by atoms with Gasteiger partial charge in [0.25, 0.3) is 0 Å². The molecule has 1 atom stereocenters. The van der Waals surface area contributed by atoms with Crippen LogP contribution in [0.3, 0.4) is 0 Å². The summed E-state index contributed by atoms with van der Waals surface area (Å²) >= 11 is 0. The van der Waals surface area contributed by atoms with Crippen LogP contribution in [-0.4, -0.2) is 28.1 Å². The molecule has 0 unspecified atom stereocenters. The molecule has 3 N–H and O–H groups in total. The Bertz CT molecular complexity index is 541. The normalized spacial score (nSPS) is 11.7. The van der Waals surface area contributed by atoms with E-state index in [1.807, 2.05) is 6.92 Å². The van der Waals surface area contributed by atoms with Gasteiger partial charge in [0.2, 0.25) is 5.88 Å². The Morgan fingerprint density at radius 2 is 2.26 bits per heavy atom. The van der Waals surface area contributed by atoms with Crippen molar-refractivity contribution in [2.75, 3.05) is 12.4 Å². The number of aromatic nitrogens is 3. The van der Waals surface area contributed by atoms with E-state index in [9.17, 15) is 4.79 Å². The molecule has 0 saturated carbocycles. The van der Waals surface area contributed by atoms with Crippen LogP contribution < -0.4 is 15.4 Å². The van der Waals surface area contributed by atoms with Crippen molar-refractivity contribution < 1.29 is 9.53 Å². The van der Waals surface area contributed by atoms with E-state index in [-0.39, 0.29) is 12.1 Å². The summed E-state index contributed by atoms with van der Waals surface area (Å²) in [4.78, 5) is 22.8. The summed E-state index contributed by atoms with van der Waals surface area (Å²) in [6, 6.07) is 2.85. The van der Waals surface area contributed by atoms with Crippen molar-refractivity contribution in [1.82, 2.24) is 20.3 Å². The first-order chi connectivity index (χ1) is 9.20. The number of hydrogen-bond acceptors (Lipinski definition) is 4. The molecule has 0 aliphatic carbocycles. The zero-order valence-electron chi connectivity index (χ0n) is 10.7. The van der Waals surface area contributed by atoms with Gasteiger partial charge in [0.1, 0.15) is 11.5 Å². The van der Waals surface area contributed by atoms with Gasteiger partial charge in [-0.3, -0.25) is 0 Å². The van der Waals surface area contributed by atoms with Crippen LogP contribution in [0, 0.1) is 0 Å². The maximum atomic E-state index is 11.8. The number of nitrogens with zero attached hydrogens (tertiary/aromatic N) is 2. The average Bonchev–Trinajstić information content (AvgIpc) is 2.93. The summed E-state index contributed by atoms with van der Waals surface area (Å²) in [7, 11) is 1.50. The van der Waals surface area contributed by atoms with Crippen LogP contribution in [0.15, 0.2) is 30.7 Å². The minimum Gasteiger partial charge on any atom is -0.480 e. The van der Waals surface area contributed by atoms with E-state index in [1.165, 1.54) is 7.11 Å². The smallest absolute Gasteiger partial charge is 0.319 e. The first-order valence-electron chi connectivity index (χ1n) is 5.76. The summed E-state index contributed by atoms with van der Waals surface area (Å²) in [5.74, 6) is 1.05. The van der Waals surface area contributed by atoms with E-state index in [2.05, 4.69) is 25.6 Å². The van der Waals surface area contributed by atoms with Crippen molar-refractivity contribution in [3.63, 3.8) is 0 Å². The Kier molecular flexibility index (Phi) is 3.97. The number of imidazole rings is 1. The molecule has 0 fully saturated rings. The molecule has 7 heteroatoms. The van der Waals surface area contributed by atoms with Crippen LogP contribution in [0.2, 0.25) is 0 Å². The van der Waals surface area contributed by atoms with Gasteiger partial charge in [-0.1, -0.05) is 0 Å². The average molecular weight is 261 g/mol. The minimum atomic E-state index is -0.352. The standard InChI is InChI=1S/C12H15N5O2/c1-8(10-13-6-7-14-10)16-12(18)17-9-4-3-5-15-11(9)19-2/h3-8H,1-2H3,(H,13,14)(H2,16,17,18)/t8-/m1/s1. The van der Waals surface area contributed by atoms with E-state index >= 15 is 0 Å². The molecule has 0 saturated heterocycles. The molecule has 2 aromatic rings. The van der Waals surface area contributed by atoms with Gasteiger partial charge in [-0.2, -0.15) is 0 Å². The molecule has 2 heterocycles. The number of carbonyl (C=O) groups is 1. The highest BCUT2D eigenvalue weighted by molar-refractivity contribution is 5.90. The molecule has 0 aromatic carbocycles. The molecule has 2 amide bonds. The van der Waals surface area contributed by atoms with Gasteiger partial charge in [-0.15, -0.1) is 0 Å². The Labute approximate surface area is 110 Å². The monoisotopic (exact) mass is 261 g/mol. The number of ether oxygens (including phenoxy) is 1. The molecular formula is C12H15N5O2. The summed E-state index contributed by atoms with van der Waals surface area (Å²) in [5.41, 5.74) is 0.508. The zero-order chi connectivity index (χ0) is 13.7. The van der Waals surface area contributed by atoms with E-state index in [0.717, 1.165) is 0 Å². The molecule has 0 spiro atoms. The maximum Gasteiger partial charge on any atom is 0.319 e. The summed E-state index contributed by atoms with van der Waals surface area (Å²) in [6.07, 6.45) is 4.93. The third-order valence-corrected chi connectivity index (χ3v) is 2.49. The molecule has 19 heavy (non-hydrogen) atoms. The lowest BCUT2D eigenvalue weighted by molar-refractivity contribution is 0.249. The molecule has 0 bridgehead atoms. The van der Waals surface area contributed by atoms with Gasteiger partial charge in [-0.05, 0) is 19.1 Å². The fourth-order valence-electron chi connectivity index (χ4n) is 1.59. The number of methoxy groups -OCH3 is 1. The maximum absolute atomic E-state index is 11.8. The highest BCUT2D eigenvalue weighted by Gasteiger charge is 2.13. The van der Waals surface area contributed by atoms with Gasteiger partial charge in [0.05, 0.1) is 13.2 Å². The Hall–Kier alpha value is -2.57. The lowest BCUT2D eigenvalue weighted by Crippen LogP contribution is -2.31. The Morgan fingerprint density at radius 3 is 2.95 bits per heavy atom. The van der Waals surface area contributed by atoms with Crippen molar-refractivity contribution in [3.05, 3.63) is 36.5 Å². The van der Waals surface area contributed by atoms with Crippen LogP contribution in [0.1, 0.15) is 18.8 Å². The number of hydrogen-bond donors (Lipinski definition) is 3. The van der Waals surface area contributed by atoms with Gasteiger partial charge in [0, 0.05) is 18.6 Å². The van der Waals surface area contributed by atoms with Crippen molar-refractivity contribution in [2.24, 2.45) is 0 Å². The van der Waals surface area contributed by atoms with Gasteiger partial charge >= 0.3 is 6.03 Å². The van der Waals surface area contributed by atoms with Crippen molar-refractivity contribution in [3.8, 4) is 5.88 Å². The van der Waals surface area contributed by atoms with Gasteiger partial charge < -0.3 is 20.4 Å². The van der Waals surface area contributed by atoms with Gasteiger partial charge in [0.15, 0.2) is 0 Å². The second-order valence-electron chi connectivity index (χ2n) is 3.85. The van der Waals surface area contributed by atoms with Crippen LogP contribution in [0.5, 0.6) is 5.88 Å². The number of rotatable bonds is 4. The number of amides is 2. The zero-order valence-corrected chi connectivity index (χ0v) is 10.7. The van der Waals surface area contributed by atoms with Crippen LogP contribution >= 0.6 is 0 Å². The number of aromatic amines is 1. The fraction of sp³-hybridized carbons (Fsp3) is 0.250. The first-order valence-corrected chi connectivity index (χ1v) is 5.76.